The van der Waals surface area contributed by atoms with Crippen LogP contribution in [-0.2, 0) is 11.3 Å². The smallest absolute Gasteiger partial charge is 0.240 e. The lowest BCUT2D eigenvalue weighted by Crippen LogP contribution is -2.32. The van der Waals surface area contributed by atoms with E-state index in [2.05, 4.69) is 15.5 Å². The van der Waals surface area contributed by atoms with Gasteiger partial charge in [-0.1, -0.05) is 19.3 Å². The average Bonchev–Trinajstić information content (AvgIpc) is 2.85. The minimum atomic E-state index is -0.0862. The summed E-state index contributed by atoms with van der Waals surface area (Å²) in [6.07, 6.45) is 7.66. The third-order valence-corrected chi connectivity index (χ3v) is 3.34. The highest BCUT2D eigenvalue weighted by Crippen LogP contribution is 2.22. The van der Waals surface area contributed by atoms with Crippen LogP contribution in [-0.4, -0.2) is 27.2 Å². The molecule has 0 saturated heterocycles. The van der Waals surface area contributed by atoms with Crippen LogP contribution in [0.5, 0.6) is 0 Å². The number of aromatic nitrogens is 3. The fraction of sp³-hybridized carbons (Fsp3) is 0.667. The fourth-order valence-electron chi connectivity index (χ4n) is 2.32. The van der Waals surface area contributed by atoms with Crippen LogP contribution in [0.15, 0.2) is 6.33 Å². The van der Waals surface area contributed by atoms with Crippen LogP contribution >= 0.6 is 0 Å². The Hall–Kier alpha value is -1.90. The number of nitrogens with zero attached hydrogens (tertiary/aromatic N) is 4. The number of nitrogens with one attached hydrogen (secondary N) is 1. The summed E-state index contributed by atoms with van der Waals surface area (Å²) in [6, 6.07) is 1.90. The average molecular weight is 247 g/mol. The molecule has 0 aromatic carbocycles. The molecule has 6 heteroatoms. The molecule has 1 amide bonds. The van der Waals surface area contributed by atoms with Gasteiger partial charge in [0.2, 0.25) is 11.7 Å². The van der Waals surface area contributed by atoms with Crippen molar-refractivity contribution in [2.45, 2.75) is 38.6 Å². The molecular formula is C12H17N5O. The number of carbonyl (C=O) groups excluding carboxylic acids is 1. The molecule has 18 heavy (non-hydrogen) atoms. The number of hydrogen-bond donors (Lipinski definition) is 1. The molecule has 0 unspecified atom stereocenters. The van der Waals surface area contributed by atoms with Crippen molar-refractivity contribution >= 4 is 5.91 Å². The highest BCUT2D eigenvalue weighted by molar-refractivity contribution is 5.75. The molecule has 1 heterocycles. The van der Waals surface area contributed by atoms with Gasteiger partial charge in [-0.2, -0.15) is 5.26 Å². The molecule has 0 bridgehead atoms. The first-order chi connectivity index (χ1) is 8.79. The normalized spacial score (nSPS) is 16.2. The molecule has 1 aliphatic rings. The maximum Gasteiger partial charge on any atom is 0.240 e. The maximum atomic E-state index is 11.7. The number of nitriles is 1. The molecule has 0 radical (unpaired) electrons. The largest absolute Gasteiger partial charge is 0.354 e. The van der Waals surface area contributed by atoms with Gasteiger partial charge in [0.15, 0.2) is 0 Å². The Bertz CT molecular complexity index is 442. The highest BCUT2D eigenvalue weighted by Gasteiger charge is 2.14. The van der Waals surface area contributed by atoms with Crippen LogP contribution in [0.2, 0.25) is 0 Å². The lowest BCUT2D eigenvalue weighted by atomic mass is 9.89. The first-order valence-corrected chi connectivity index (χ1v) is 6.34. The Kier molecular flexibility index (Phi) is 4.29. The molecule has 0 atom stereocenters. The van der Waals surface area contributed by atoms with Gasteiger partial charge in [-0.25, -0.2) is 0 Å². The fourth-order valence-corrected chi connectivity index (χ4v) is 2.32. The second-order valence-electron chi connectivity index (χ2n) is 4.70. The van der Waals surface area contributed by atoms with Crippen LogP contribution in [0.1, 0.15) is 37.9 Å². The quantitative estimate of drug-likeness (QED) is 0.854. The molecule has 0 spiro atoms. The highest BCUT2D eigenvalue weighted by atomic mass is 16.1. The Labute approximate surface area is 106 Å². The molecule has 2 rings (SSSR count). The van der Waals surface area contributed by atoms with Crippen molar-refractivity contribution in [1.29, 1.82) is 5.26 Å². The van der Waals surface area contributed by atoms with Crippen LogP contribution < -0.4 is 5.32 Å². The van der Waals surface area contributed by atoms with Crippen molar-refractivity contribution in [2.24, 2.45) is 5.92 Å². The minimum absolute atomic E-state index is 0.0862. The van der Waals surface area contributed by atoms with Crippen molar-refractivity contribution in [3.63, 3.8) is 0 Å². The minimum Gasteiger partial charge on any atom is -0.354 e. The van der Waals surface area contributed by atoms with E-state index in [0.717, 1.165) is 6.54 Å². The number of rotatable bonds is 4. The summed E-state index contributed by atoms with van der Waals surface area (Å²) >= 11 is 0. The summed E-state index contributed by atoms with van der Waals surface area (Å²) < 4.78 is 1.45. The van der Waals surface area contributed by atoms with E-state index in [-0.39, 0.29) is 18.3 Å². The molecule has 1 N–H and O–H groups in total. The lowest BCUT2D eigenvalue weighted by molar-refractivity contribution is -0.121. The Morgan fingerprint density at radius 1 is 1.50 bits per heavy atom. The Morgan fingerprint density at radius 3 is 3.00 bits per heavy atom. The number of hydrogen-bond acceptors (Lipinski definition) is 4. The number of carbonyl (C=O) groups is 1. The topological polar surface area (TPSA) is 83.6 Å². The van der Waals surface area contributed by atoms with Crippen molar-refractivity contribution in [3.05, 3.63) is 12.2 Å². The molecule has 1 aromatic heterocycles. The summed E-state index contributed by atoms with van der Waals surface area (Å²) in [5.41, 5.74) is 0. The van der Waals surface area contributed by atoms with E-state index in [1.807, 2.05) is 6.07 Å². The zero-order valence-electron chi connectivity index (χ0n) is 10.3. The van der Waals surface area contributed by atoms with Crippen LogP contribution in [0.4, 0.5) is 0 Å². The molecular weight excluding hydrogens is 230 g/mol. The zero-order chi connectivity index (χ0) is 12.8. The van der Waals surface area contributed by atoms with E-state index in [1.165, 1.54) is 43.0 Å². The maximum absolute atomic E-state index is 11.7. The van der Waals surface area contributed by atoms with Gasteiger partial charge in [-0.3, -0.25) is 9.36 Å². The zero-order valence-corrected chi connectivity index (χ0v) is 10.3. The van der Waals surface area contributed by atoms with Crippen LogP contribution in [0, 0.1) is 17.2 Å². The van der Waals surface area contributed by atoms with Gasteiger partial charge in [0.25, 0.3) is 0 Å². The Morgan fingerprint density at radius 2 is 2.28 bits per heavy atom. The van der Waals surface area contributed by atoms with E-state index in [1.54, 1.807) is 0 Å². The first-order valence-electron chi connectivity index (χ1n) is 6.34. The van der Waals surface area contributed by atoms with Crippen molar-refractivity contribution < 1.29 is 4.79 Å². The monoisotopic (exact) mass is 247 g/mol. The summed E-state index contributed by atoms with van der Waals surface area (Å²) in [5.74, 6) is 0.693. The van der Waals surface area contributed by atoms with Crippen molar-refractivity contribution in [3.8, 4) is 6.07 Å². The molecule has 1 fully saturated rings. The summed E-state index contributed by atoms with van der Waals surface area (Å²) in [7, 11) is 0. The van der Waals surface area contributed by atoms with Gasteiger partial charge in [0, 0.05) is 6.54 Å². The SMILES string of the molecule is N#Cc1nncn1CC(=O)NCC1CCCCC1. The van der Waals surface area contributed by atoms with Gasteiger partial charge in [-0.15, -0.1) is 10.2 Å². The first kappa shape index (κ1) is 12.6. The third-order valence-electron chi connectivity index (χ3n) is 3.34. The second-order valence-corrected chi connectivity index (χ2v) is 4.70. The molecule has 6 nitrogen and oxygen atoms in total. The molecule has 96 valence electrons. The molecule has 1 aliphatic carbocycles. The van der Waals surface area contributed by atoms with E-state index >= 15 is 0 Å². The van der Waals surface area contributed by atoms with E-state index in [0.29, 0.717) is 5.92 Å². The summed E-state index contributed by atoms with van der Waals surface area (Å²) in [6.45, 7) is 0.853. The van der Waals surface area contributed by atoms with Crippen LogP contribution in [0.3, 0.4) is 0 Å². The molecule has 1 aromatic rings. The predicted octanol–water partition coefficient (Wildman–Crippen LogP) is 0.846. The van der Waals surface area contributed by atoms with Gasteiger partial charge in [-0.05, 0) is 18.8 Å². The van der Waals surface area contributed by atoms with Gasteiger partial charge < -0.3 is 5.32 Å². The van der Waals surface area contributed by atoms with Gasteiger partial charge >= 0.3 is 0 Å². The van der Waals surface area contributed by atoms with Crippen molar-refractivity contribution in [2.75, 3.05) is 6.54 Å². The predicted molar refractivity (Wildman–Crippen MR) is 64.3 cm³/mol. The molecule has 1 saturated carbocycles. The summed E-state index contributed by atoms with van der Waals surface area (Å²) in [4.78, 5) is 11.7. The van der Waals surface area contributed by atoms with Crippen molar-refractivity contribution in [1.82, 2.24) is 20.1 Å². The lowest BCUT2D eigenvalue weighted by Gasteiger charge is -2.21. The van der Waals surface area contributed by atoms with Gasteiger partial charge in [0.05, 0.1) is 0 Å². The van der Waals surface area contributed by atoms with Crippen LogP contribution in [0.25, 0.3) is 0 Å². The van der Waals surface area contributed by atoms with E-state index < -0.39 is 0 Å². The third kappa shape index (κ3) is 3.29. The standard InChI is InChI=1S/C12H17N5O/c13-6-11-16-15-9-17(11)8-12(18)14-7-10-4-2-1-3-5-10/h9-10H,1-5,7-8H2,(H,14,18). The van der Waals surface area contributed by atoms with Gasteiger partial charge in [0.1, 0.15) is 18.9 Å². The number of amides is 1. The second kappa shape index (κ2) is 6.15. The molecule has 0 aliphatic heterocycles. The summed E-state index contributed by atoms with van der Waals surface area (Å²) in [5, 5.41) is 18.9. The van der Waals surface area contributed by atoms with E-state index in [4.69, 9.17) is 5.26 Å². The Balaban J connectivity index is 1.77. The van der Waals surface area contributed by atoms with E-state index in [9.17, 15) is 4.79 Å².